The number of carbonyl (C=O) groups is 2. The Kier molecular flexibility index (Phi) is 5.34. The van der Waals surface area contributed by atoms with Gasteiger partial charge in [-0.1, -0.05) is 31.9 Å². The van der Waals surface area contributed by atoms with Crippen LogP contribution in [-0.2, 0) is 4.79 Å². The van der Waals surface area contributed by atoms with E-state index in [1.165, 1.54) is 4.90 Å². The van der Waals surface area contributed by atoms with Crippen LogP contribution in [-0.4, -0.2) is 34.5 Å². The van der Waals surface area contributed by atoms with Crippen LogP contribution >= 0.6 is 31.9 Å². The van der Waals surface area contributed by atoms with Gasteiger partial charge in [-0.3, -0.25) is 9.59 Å². The van der Waals surface area contributed by atoms with E-state index in [4.69, 9.17) is 5.11 Å². The molecule has 1 N–H and O–H groups in total. The minimum Gasteiger partial charge on any atom is -0.480 e. The Labute approximate surface area is 122 Å². The van der Waals surface area contributed by atoms with Gasteiger partial charge < -0.3 is 10.0 Å². The van der Waals surface area contributed by atoms with Crippen LogP contribution in [0.2, 0.25) is 0 Å². The molecule has 1 aromatic rings. The number of halogens is 2. The Balaban J connectivity index is 3.05. The quantitative estimate of drug-likeness (QED) is 0.875. The van der Waals surface area contributed by atoms with E-state index in [-0.39, 0.29) is 18.5 Å². The highest BCUT2D eigenvalue weighted by Crippen LogP contribution is 2.21. The van der Waals surface area contributed by atoms with Crippen LogP contribution in [0.4, 0.5) is 0 Å². The van der Waals surface area contributed by atoms with Crippen LogP contribution in [0.5, 0.6) is 0 Å². The van der Waals surface area contributed by atoms with Crippen molar-refractivity contribution >= 4 is 43.7 Å². The van der Waals surface area contributed by atoms with Crippen molar-refractivity contribution in [2.24, 2.45) is 0 Å². The Morgan fingerprint density at radius 2 is 1.72 bits per heavy atom. The third kappa shape index (κ3) is 4.10. The number of nitrogens with zero attached hydrogens (tertiary/aromatic N) is 1. The van der Waals surface area contributed by atoms with Gasteiger partial charge in [0.15, 0.2) is 0 Å². The van der Waals surface area contributed by atoms with Gasteiger partial charge in [-0.2, -0.15) is 0 Å². The zero-order valence-corrected chi connectivity index (χ0v) is 13.2. The number of aliphatic carboxylic acids is 1. The van der Waals surface area contributed by atoms with Crippen molar-refractivity contribution in [3.63, 3.8) is 0 Å². The van der Waals surface area contributed by atoms with Gasteiger partial charge in [0, 0.05) is 20.6 Å². The molecule has 0 unspecified atom stereocenters. The molecule has 1 aromatic carbocycles. The molecule has 1 amide bonds. The number of carboxylic acid groups (broad SMARTS) is 1. The first-order chi connectivity index (χ1) is 8.31. The zero-order valence-electron chi connectivity index (χ0n) is 9.98. The molecular formula is C12H13Br2NO3. The summed E-state index contributed by atoms with van der Waals surface area (Å²) in [7, 11) is 0. The molecule has 1 rings (SSSR count). The number of hydrogen-bond acceptors (Lipinski definition) is 2. The van der Waals surface area contributed by atoms with Gasteiger partial charge >= 0.3 is 5.97 Å². The number of carboxylic acids is 1. The van der Waals surface area contributed by atoms with Crippen molar-refractivity contribution in [3.8, 4) is 0 Å². The van der Waals surface area contributed by atoms with E-state index >= 15 is 0 Å². The van der Waals surface area contributed by atoms with E-state index in [9.17, 15) is 9.59 Å². The topological polar surface area (TPSA) is 57.6 Å². The van der Waals surface area contributed by atoms with Crippen LogP contribution in [0.15, 0.2) is 27.1 Å². The number of hydrogen-bond donors (Lipinski definition) is 1. The Bertz CT molecular complexity index is 454. The summed E-state index contributed by atoms with van der Waals surface area (Å²) in [5.74, 6) is -1.32. The SMILES string of the molecule is CC(C)N(CC(=O)O)C(=O)c1cc(Br)cc(Br)c1. The molecular weight excluding hydrogens is 366 g/mol. The Morgan fingerprint density at radius 3 is 2.11 bits per heavy atom. The molecule has 98 valence electrons. The summed E-state index contributed by atoms with van der Waals surface area (Å²) in [4.78, 5) is 24.3. The highest BCUT2D eigenvalue weighted by atomic mass is 79.9. The fourth-order valence-corrected chi connectivity index (χ4v) is 2.77. The molecule has 0 fully saturated rings. The van der Waals surface area contributed by atoms with Crippen molar-refractivity contribution in [1.29, 1.82) is 0 Å². The van der Waals surface area contributed by atoms with E-state index in [0.717, 1.165) is 8.95 Å². The van der Waals surface area contributed by atoms with Gasteiger partial charge in [-0.05, 0) is 32.0 Å². The standard InChI is InChI=1S/C12H13Br2NO3/c1-7(2)15(6-11(16)17)12(18)8-3-9(13)5-10(14)4-8/h3-5,7H,6H2,1-2H3,(H,16,17). The summed E-state index contributed by atoms with van der Waals surface area (Å²) in [6.45, 7) is 3.27. The summed E-state index contributed by atoms with van der Waals surface area (Å²) in [5, 5.41) is 8.83. The second-order valence-electron chi connectivity index (χ2n) is 4.08. The molecule has 4 nitrogen and oxygen atoms in total. The zero-order chi connectivity index (χ0) is 13.9. The normalized spacial score (nSPS) is 10.5. The highest BCUT2D eigenvalue weighted by molar-refractivity contribution is 9.11. The first-order valence-electron chi connectivity index (χ1n) is 5.30. The van der Waals surface area contributed by atoms with Crippen LogP contribution in [0.25, 0.3) is 0 Å². The maximum Gasteiger partial charge on any atom is 0.323 e. The molecule has 0 heterocycles. The molecule has 0 saturated carbocycles. The largest absolute Gasteiger partial charge is 0.480 e. The summed E-state index contributed by atoms with van der Waals surface area (Å²) in [6.07, 6.45) is 0. The molecule has 0 aliphatic carbocycles. The lowest BCUT2D eigenvalue weighted by Gasteiger charge is -2.25. The third-order valence-corrected chi connectivity index (χ3v) is 3.21. The van der Waals surface area contributed by atoms with Gasteiger partial charge in [-0.15, -0.1) is 0 Å². The number of rotatable bonds is 4. The summed E-state index contributed by atoms with van der Waals surface area (Å²) >= 11 is 6.60. The molecule has 0 aliphatic heterocycles. The second kappa shape index (κ2) is 6.33. The van der Waals surface area contributed by atoms with E-state index in [2.05, 4.69) is 31.9 Å². The molecule has 0 spiro atoms. The number of benzene rings is 1. The average molecular weight is 379 g/mol. The van der Waals surface area contributed by atoms with E-state index in [1.54, 1.807) is 26.0 Å². The van der Waals surface area contributed by atoms with Crippen molar-refractivity contribution in [2.45, 2.75) is 19.9 Å². The molecule has 0 bridgehead atoms. The molecule has 0 radical (unpaired) electrons. The van der Waals surface area contributed by atoms with E-state index in [0.29, 0.717) is 5.56 Å². The fourth-order valence-electron chi connectivity index (χ4n) is 1.48. The van der Waals surface area contributed by atoms with E-state index in [1.807, 2.05) is 6.07 Å². The molecule has 0 saturated heterocycles. The lowest BCUT2D eigenvalue weighted by Crippen LogP contribution is -2.40. The smallest absolute Gasteiger partial charge is 0.323 e. The summed E-state index contributed by atoms with van der Waals surface area (Å²) in [5.41, 5.74) is 0.450. The number of amides is 1. The maximum atomic E-state index is 12.2. The maximum absolute atomic E-state index is 12.2. The predicted octanol–water partition coefficient (Wildman–Crippen LogP) is 3.15. The summed E-state index contributed by atoms with van der Waals surface area (Å²) < 4.78 is 1.53. The molecule has 18 heavy (non-hydrogen) atoms. The van der Waals surface area contributed by atoms with E-state index < -0.39 is 5.97 Å². The third-order valence-electron chi connectivity index (χ3n) is 2.30. The van der Waals surface area contributed by atoms with Gasteiger partial charge in [-0.25, -0.2) is 0 Å². The lowest BCUT2D eigenvalue weighted by molar-refractivity contribution is -0.138. The molecule has 0 atom stereocenters. The van der Waals surface area contributed by atoms with Crippen molar-refractivity contribution in [2.75, 3.05) is 6.54 Å². The van der Waals surface area contributed by atoms with Crippen molar-refractivity contribution in [3.05, 3.63) is 32.7 Å². The first kappa shape index (κ1) is 15.2. The minimum atomic E-state index is -1.02. The molecule has 0 aromatic heterocycles. The second-order valence-corrected chi connectivity index (χ2v) is 5.91. The number of carbonyl (C=O) groups excluding carboxylic acids is 1. The van der Waals surface area contributed by atoms with Crippen LogP contribution in [0.3, 0.4) is 0 Å². The Hall–Kier alpha value is -0.880. The van der Waals surface area contributed by atoms with Gasteiger partial charge in [0.25, 0.3) is 5.91 Å². The molecule has 0 aliphatic rings. The van der Waals surface area contributed by atoms with Gasteiger partial charge in [0.05, 0.1) is 0 Å². The van der Waals surface area contributed by atoms with Crippen molar-refractivity contribution in [1.82, 2.24) is 4.90 Å². The van der Waals surface area contributed by atoms with Gasteiger partial charge in [0.2, 0.25) is 0 Å². The molecule has 6 heteroatoms. The summed E-state index contributed by atoms with van der Waals surface area (Å²) in [6, 6.07) is 4.98. The van der Waals surface area contributed by atoms with Gasteiger partial charge in [0.1, 0.15) is 6.54 Å². The predicted molar refractivity (Wildman–Crippen MR) is 75.7 cm³/mol. The monoisotopic (exact) mass is 377 g/mol. The first-order valence-corrected chi connectivity index (χ1v) is 6.88. The minimum absolute atomic E-state index is 0.175. The lowest BCUT2D eigenvalue weighted by atomic mass is 10.1. The Morgan fingerprint density at radius 1 is 1.22 bits per heavy atom. The van der Waals surface area contributed by atoms with Crippen LogP contribution < -0.4 is 0 Å². The van der Waals surface area contributed by atoms with Crippen LogP contribution in [0, 0.1) is 0 Å². The van der Waals surface area contributed by atoms with Crippen molar-refractivity contribution < 1.29 is 14.7 Å². The fraction of sp³-hybridized carbons (Fsp3) is 0.333. The van der Waals surface area contributed by atoms with Crippen LogP contribution in [0.1, 0.15) is 24.2 Å². The highest BCUT2D eigenvalue weighted by Gasteiger charge is 2.21. The average Bonchev–Trinajstić information content (AvgIpc) is 2.23.